The van der Waals surface area contributed by atoms with Crippen LogP contribution in [0.3, 0.4) is 0 Å². The van der Waals surface area contributed by atoms with Gasteiger partial charge in [-0.05, 0) is 55.2 Å². The Bertz CT molecular complexity index is 709. The van der Waals surface area contributed by atoms with Gasteiger partial charge >= 0.3 is 0 Å². The Kier molecular flexibility index (Phi) is 9.50. The molecule has 1 saturated heterocycles. The summed E-state index contributed by atoms with van der Waals surface area (Å²) in [6, 6.07) is 9.06. The molecule has 1 aliphatic rings. The molecule has 2 N–H and O–H groups in total. The summed E-state index contributed by atoms with van der Waals surface area (Å²) in [7, 11) is 1.85. The third kappa shape index (κ3) is 6.92. The first kappa shape index (κ1) is 22.9. The molecule has 0 spiro atoms. The van der Waals surface area contributed by atoms with E-state index in [4.69, 9.17) is 0 Å². The second-order valence-electron chi connectivity index (χ2n) is 7.44. The van der Waals surface area contributed by atoms with E-state index in [2.05, 4.69) is 69.0 Å². The maximum absolute atomic E-state index is 4.55. The third-order valence-corrected chi connectivity index (χ3v) is 5.93. The molecule has 0 aliphatic carbocycles. The number of hydrogen-bond donors (Lipinski definition) is 2. The van der Waals surface area contributed by atoms with Crippen molar-refractivity contribution in [2.45, 2.75) is 39.2 Å². The minimum absolute atomic E-state index is 0. The van der Waals surface area contributed by atoms with Gasteiger partial charge in [-0.15, -0.1) is 35.3 Å². The van der Waals surface area contributed by atoms with Crippen molar-refractivity contribution in [3.63, 3.8) is 0 Å². The number of hydrogen-bond acceptors (Lipinski definition) is 4. The van der Waals surface area contributed by atoms with Gasteiger partial charge in [0.05, 0.1) is 0 Å². The summed E-state index contributed by atoms with van der Waals surface area (Å²) in [4.78, 5) is 12.8. The van der Waals surface area contributed by atoms with Crippen LogP contribution in [-0.4, -0.2) is 43.7 Å². The second-order valence-corrected chi connectivity index (χ2v) is 8.47. The van der Waals surface area contributed by atoms with Gasteiger partial charge in [-0.2, -0.15) is 0 Å². The van der Waals surface area contributed by atoms with Crippen molar-refractivity contribution in [1.29, 1.82) is 0 Å². The molecule has 1 unspecified atom stereocenters. The van der Waals surface area contributed by atoms with E-state index in [1.54, 1.807) is 0 Å². The van der Waals surface area contributed by atoms with Crippen LogP contribution in [0.4, 0.5) is 5.82 Å². The molecular weight excluding hydrogens is 481 g/mol. The molecule has 3 heterocycles. The van der Waals surface area contributed by atoms with E-state index in [9.17, 15) is 0 Å². The first-order valence-corrected chi connectivity index (χ1v) is 10.7. The summed E-state index contributed by atoms with van der Waals surface area (Å²) in [5.74, 6) is 2.58. The normalized spacial score (nSPS) is 16.4. The number of guanidine groups is 1. The Morgan fingerprint density at radius 3 is 2.71 bits per heavy atom. The second kappa shape index (κ2) is 11.6. The number of thiophene rings is 1. The molecular formula is C21H32IN5S. The van der Waals surface area contributed by atoms with Crippen LogP contribution in [0, 0.1) is 12.8 Å². The zero-order valence-electron chi connectivity index (χ0n) is 17.0. The Hall–Kier alpha value is -1.35. The van der Waals surface area contributed by atoms with E-state index < -0.39 is 0 Å². The van der Waals surface area contributed by atoms with Crippen LogP contribution >= 0.6 is 35.3 Å². The lowest BCUT2D eigenvalue weighted by atomic mass is 10.0. The maximum Gasteiger partial charge on any atom is 0.191 e. The topological polar surface area (TPSA) is 52.6 Å². The quantitative estimate of drug-likeness (QED) is 0.347. The molecule has 1 fully saturated rings. The van der Waals surface area contributed by atoms with Crippen LogP contribution in [0.15, 0.2) is 40.8 Å². The van der Waals surface area contributed by atoms with Crippen molar-refractivity contribution < 1.29 is 0 Å². The minimum Gasteiger partial charge on any atom is -0.356 e. The molecule has 5 nitrogen and oxygen atoms in total. The van der Waals surface area contributed by atoms with Crippen molar-refractivity contribution in [2.24, 2.45) is 10.9 Å². The monoisotopic (exact) mass is 513 g/mol. The van der Waals surface area contributed by atoms with Crippen molar-refractivity contribution in [1.82, 2.24) is 15.6 Å². The van der Waals surface area contributed by atoms with Crippen molar-refractivity contribution in [3.8, 4) is 0 Å². The standard InChI is InChI=1S/C21H31N5S.HI/c1-16-6-7-20(23-14-16)26-10-8-18(9-11-26)25-21(22-3)24-15-17(2)13-19-5-4-12-27-19;/h4-7,12,14,17-18H,8-11,13,15H2,1-3H3,(H2,22,24,25);1H. The van der Waals surface area contributed by atoms with Gasteiger partial charge in [0.1, 0.15) is 5.82 Å². The minimum atomic E-state index is 0. The maximum atomic E-state index is 4.55. The Balaban J connectivity index is 0.00000280. The summed E-state index contributed by atoms with van der Waals surface area (Å²) in [6.07, 6.45) is 5.26. The highest BCUT2D eigenvalue weighted by Crippen LogP contribution is 2.18. The van der Waals surface area contributed by atoms with Crippen LogP contribution in [0.2, 0.25) is 0 Å². The molecule has 0 radical (unpaired) electrons. The van der Waals surface area contributed by atoms with E-state index in [0.717, 1.165) is 50.7 Å². The number of aromatic nitrogens is 1. The van der Waals surface area contributed by atoms with Gasteiger partial charge in [0.2, 0.25) is 0 Å². The lowest BCUT2D eigenvalue weighted by Crippen LogP contribution is -2.49. The molecule has 0 aromatic carbocycles. The van der Waals surface area contributed by atoms with Crippen LogP contribution in [-0.2, 0) is 6.42 Å². The highest BCUT2D eigenvalue weighted by molar-refractivity contribution is 14.0. The lowest BCUT2D eigenvalue weighted by molar-refractivity contribution is 0.456. The van der Waals surface area contributed by atoms with E-state index in [-0.39, 0.29) is 24.0 Å². The number of pyridine rings is 1. The number of nitrogens with zero attached hydrogens (tertiary/aromatic N) is 3. The molecule has 0 amide bonds. The first-order valence-electron chi connectivity index (χ1n) is 9.81. The van der Waals surface area contributed by atoms with Gasteiger partial charge in [-0.25, -0.2) is 4.98 Å². The van der Waals surface area contributed by atoms with Gasteiger partial charge in [-0.3, -0.25) is 4.99 Å². The predicted octanol–water partition coefficient (Wildman–Crippen LogP) is 4.08. The van der Waals surface area contributed by atoms with Crippen molar-refractivity contribution in [2.75, 3.05) is 31.6 Å². The number of aliphatic imine (C=N–C) groups is 1. The van der Waals surface area contributed by atoms with Gasteiger partial charge in [0, 0.05) is 43.8 Å². The van der Waals surface area contributed by atoms with Crippen molar-refractivity contribution >= 4 is 47.1 Å². The SMILES string of the molecule is CN=C(NCC(C)Cc1cccs1)NC1CCN(c2ccc(C)cn2)CC1.I. The van der Waals surface area contributed by atoms with E-state index >= 15 is 0 Å². The van der Waals surface area contributed by atoms with E-state index in [1.165, 1.54) is 10.4 Å². The van der Waals surface area contributed by atoms with E-state index in [0.29, 0.717) is 12.0 Å². The number of nitrogens with one attached hydrogen (secondary N) is 2. The van der Waals surface area contributed by atoms with Crippen LogP contribution in [0.1, 0.15) is 30.2 Å². The number of piperidine rings is 1. The molecule has 28 heavy (non-hydrogen) atoms. The number of aryl methyl sites for hydroxylation is 1. The molecule has 1 aliphatic heterocycles. The van der Waals surface area contributed by atoms with Gasteiger partial charge < -0.3 is 15.5 Å². The van der Waals surface area contributed by atoms with Crippen LogP contribution < -0.4 is 15.5 Å². The Morgan fingerprint density at radius 1 is 1.32 bits per heavy atom. The van der Waals surface area contributed by atoms with Gasteiger partial charge in [-0.1, -0.05) is 19.1 Å². The molecule has 0 bridgehead atoms. The van der Waals surface area contributed by atoms with Gasteiger partial charge in [0.25, 0.3) is 0 Å². The molecule has 3 rings (SSSR count). The van der Waals surface area contributed by atoms with Crippen LogP contribution in [0.25, 0.3) is 0 Å². The van der Waals surface area contributed by atoms with Gasteiger partial charge in [0.15, 0.2) is 5.96 Å². The molecule has 7 heteroatoms. The lowest BCUT2D eigenvalue weighted by Gasteiger charge is -2.34. The average Bonchev–Trinajstić information content (AvgIpc) is 3.19. The highest BCUT2D eigenvalue weighted by atomic mass is 127. The fourth-order valence-electron chi connectivity index (χ4n) is 3.40. The molecule has 1 atom stereocenters. The molecule has 2 aromatic rings. The number of anilines is 1. The fraction of sp³-hybridized carbons (Fsp3) is 0.524. The summed E-state index contributed by atoms with van der Waals surface area (Å²) < 4.78 is 0. The third-order valence-electron chi connectivity index (χ3n) is 5.03. The highest BCUT2D eigenvalue weighted by Gasteiger charge is 2.21. The van der Waals surface area contributed by atoms with E-state index in [1.807, 2.05) is 24.6 Å². The smallest absolute Gasteiger partial charge is 0.191 e. The molecule has 2 aromatic heterocycles. The Labute approximate surface area is 190 Å². The summed E-state index contributed by atoms with van der Waals surface area (Å²) in [6.45, 7) is 7.35. The summed E-state index contributed by atoms with van der Waals surface area (Å²) in [5, 5.41) is 9.24. The summed E-state index contributed by atoms with van der Waals surface area (Å²) >= 11 is 1.84. The first-order chi connectivity index (χ1) is 13.1. The zero-order valence-corrected chi connectivity index (χ0v) is 20.2. The largest absolute Gasteiger partial charge is 0.356 e. The fourth-order valence-corrected chi connectivity index (χ4v) is 4.27. The number of rotatable bonds is 6. The molecule has 0 saturated carbocycles. The molecule has 154 valence electrons. The van der Waals surface area contributed by atoms with Crippen LogP contribution in [0.5, 0.6) is 0 Å². The Morgan fingerprint density at radius 2 is 2.11 bits per heavy atom. The summed E-state index contributed by atoms with van der Waals surface area (Å²) in [5.41, 5.74) is 1.21. The zero-order chi connectivity index (χ0) is 19.1. The van der Waals surface area contributed by atoms with Crippen molar-refractivity contribution in [3.05, 3.63) is 46.3 Å². The average molecular weight is 513 g/mol. The number of halogens is 1. The predicted molar refractivity (Wildman–Crippen MR) is 131 cm³/mol.